The van der Waals surface area contributed by atoms with Crippen LogP contribution in [-0.2, 0) is 17.7 Å². The fourth-order valence-corrected chi connectivity index (χ4v) is 2.64. The molecular formula is C14H26N4O. The van der Waals surface area contributed by atoms with Crippen LogP contribution in [0.2, 0.25) is 0 Å². The third-order valence-corrected chi connectivity index (χ3v) is 3.73. The predicted octanol–water partition coefficient (Wildman–Crippen LogP) is 1.48. The maximum atomic E-state index is 5.89. The average molecular weight is 266 g/mol. The molecule has 1 aliphatic carbocycles. The van der Waals surface area contributed by atoms with Gasteiger partial charge in [-0.3, -0.25) is 11.3 Å². The Kier molecular flexibility index (Phi) is 5.36. The molecule has 0 radical (unpaired) electrons. The van der Waals surface area contributed by atoms with Crippen molar-refractivity contribution in [2.45, 2.75) is 58.2 Å². The van der Waals surface area contributed by atoms with Crippen LogP contribution in [0.15, 0.2) is 12.4 Å². The number of ether oxygens (including phenoxy) is 1. The smallest absolute Gasteiger partial charge is 0.110 e. The summed E-state index contributed by atoms with van der Waals surface area (Å²) in [5, 5.41) is 0. The van der Waals surface area contributed by atoms with E-state index >= 15 is 0 Å². The molecule has 2 atom stereocenters. The minimum absolute atomic E-state index is 0.144. The molecule has 1 aliphatic rings. The van der Waals surface area contributed by atoms with Crippen molar-refractivity contribution >= 4 is 0 Å². The maximum absolute atomic E-state index is 5.89. The minimum Gasteiger partial charge on any atom is -0.377 e. The second-order valence-corrected chi connectivity index (χ2v) is 5.27. The van der Waals surface area contributed by atoms with Crippen molar-refractivity contribution in [1.82, 2.24) is 15.0 Å². The zero-order valence-electron chi connectivity index (χ0n) is 12.0. The van der Waals surface area contributed by atoms with Gasteiger partial charge < -0.3 is 9.30 Å². The van der Waals surface area contributed by atoms with Crippen LogP contribution < -0.4 is 11.3 Å². The van der Waals surface area contributed by atoms with Crippen LogP contribution in [0.1, 0.15) is 38.9 Å². The Morgan fingerprint density at radius 2 is 2.32 bits per heavy atom. The molecular weight excluding hydrogens is 240 g/mol. The van der Waals surface area contributed by atoms with Gasteiger partial charge >= 0.3 is 0 Å². The second-order valence-electron chi connectivity index (χ2n) is 5.27. The highest BCUT2D eigenvalue weighted by molar-refractivity contribution is 5.00. The zero-order chi connectivity index (χ0) is 13.7. The molecule has 19 heavy (non-hydrogen) atoms. The van der Waals surface area contributed by atoms with Crippen LogP contribution in [0, 0.1) is 5.92 Å². The van der Waals surface area contributed by atoms with Crippen molar-refractivity contribution in [3.63, 3.8) is 0 Å². The van der Waals surface area contributed by atoms with Crippen LogP contribution in [0.4, 0.5) is 0 Å². The minimum atomic E-state index is 0.144. The topological polar surface area (TPSA) is 65.1 Å². The van der Waals surface area contributed by atoms with E-state index in [4.69, 9.17) is 10.6 Å². The highest BCUT2D eigenvalue weighted by Crippen LogP contribution is 2.36. The fourth-order valence-electron chi connectivity index (χ4n) is 2.64. The molecule has 3 N–H and O–H groups in total. The molecule has 5 nitrogen and oxygen atoms in total. The lowest BCUT2D eigenvalue weighted by Crippen LogP contribution is -2.48. The molecule has 0 spiro atoms. The monoisotopic (exact) mass is 266 g/mol. The molecule has 108 valence electrons. The van der Waals surface area contributed by atoms with Gasteiger partial charge in [0.1, 0.15) is 5.82 Å². The molecule has 2 rings (SSSR count). The van der Waals surface area contributed by atoms with Gasteiger partial charge in [-0.25, -0.2) is 4.98 Å². The summed E-state index contributed by atoms with van der Waals surface area (Å²) in [4.78, 5) is 4.46. The predicted molar refractivity (Wildman–Crippen MR) is 75.5 cm³/mol. The molecule has 1 saturated carbocycles. The number of imidazole rings is 1. The molecule has 1 aromatic heterocycles. The summed E-state index contributed by atoms with van der Waals surface area (Å²) in [7, 11) is 0. The van der Waals surface area contributed by atoms with E-state index < -0.39 is 0 Å². The van der Waals surface area contributed by atoms with E-state index in [0.717, 1.165) is 31.8 Å². The first-order chi connectivity index (χ1) is 9.30. The van der Waals surface area contributed by atoms with Gasteiger partial charge in [0, 0.05) is 32.0 Å². The molecule has 0 bridgehead atoms. The number of aryl methyl sites for hydroxylation is 1. The Morgan fingerprint density at radius 1 is 1.53 bits per heavy atom. The molecule has 0 aromatic carbocycles. The van der Waals surface area contributed by atoms with Gasteiger partial charge in [-0.2, -0.15) is 0 Å². The van der Waals surface area contributed by atoms with Crippen LogP contribution >= 0.6 is 0 Å². The van der Waals surface area contributed by atoms with E-state index in [0.29, 0.717) is 5.92 Å². The highest BCUT2D eigenvalue weighted by Gasteiger charge is 2.37. The van der Waals surface area contributed by atoms with Crippen molar-refractivity contribution in [3.05, 3.63) is 18.2 Å². The van der Waals surface area contributed by atoms with Crippen LogP contribution in [0.3, 0.4) is 0 Å². The van der Waals surface area contributed by atoms with E-state index in [1.807, 2.05) is 19.3 Å². The molecule has 1 aromatic rings. The first kappa shape index (κ1) is 14.5. The molecule has 0 amide bonds. The zero-order valence-corrected chi connectivity index (χ0v) is 12.0. The summed E-state index contributed by atoms with van der Waals surface area (Å²) in [6.07, 6.45) is 8.57. The van der Waals surface area contributed by atoms with Crippen molar-refractivity contribution < 1.29 is 4.74 Å². The third-order valence-electron chi connectivity index (χ3n) is 3.73. The number of nitrogens with zero attached hydrogens (tertiary/aromatic N) is 2. The summed E-state index contributed by atoms with van der Waals surface area (Å²) < 4.78 is 8.10. The molecule has 1 heterocycles. The van der Waals surface area contributed by atoms with Crippen molar-refractivity contribution in [2.24, 2.45) is 11.8 Å². The molecule has 2 unspecified atom stereocenters. The van der Waals surface area contributed by atoms with Crippen molar-refractivity contribution in [1.29, 1.82) is 0 Å². The number of aromatic nitrogens is 2. The lowest BCUT2D eigenvalue weighted by atomic mass is 10.0. The second kappa shape index (κ2) is 7.03. The first-order valence-corrected chi connectivity index (χ1v) is 7.37. The van der Waals surface area contributed by atoms with Crippen molar-refractivity contribution in [3.8, 4) is 0 Å². The fraction of sp³-hybridized carbons (Fsp3) is 0.786. The summed E-state index contributed by atoms with van der Waals surface area (Å²) >= 11 is 0. The normalized spacial score (nSPS) is 18.5. The molecule has 1 fully saturated rings. The van der Waals surface area contributed by atoms with E-state index in [-0.39, 0.29) is 12.1 Å². The van der Waals surface area contributed by atoms with Crippen LogP contribution in [0.5, 0.6) is 0 Å². The Morgan fingerprint density at radius 3 is 2.89 bits per heavy atom. The van der Waals surface area contributed by atoms with Crippen LogP contribution in [-0.4, -0.2) is 28.3 Å². The Bertz CT molecular complexity index is 375. The quantitative estimate of drug-likeness (QED) is 0.525. The number of hydrogen-bond donors (Lipinski definition) is 2. The average Bonchev–Trinajstić information content (AvgIpc) is 3.16. The molecule has 0 aliphatic heterocycles. The lowest BCUT2D eigenvalue weighted by molar-refractivity contribution is 0.0185. The summed E-state index contributed by atoms with van der Waals surface area (Å²) in [5.74, 6) is 7.50. The Hall–Kier alpha value is -0.910. The lowest BCUT2D eigenvalue weighted by Gasteiger charge is -2.26. The number of nitrogens with two attached hydrogens (primary N) is 1. The number of hydrazine groups is 1. The third kappa shape index (κ3) is 3.78. The van der Waals surface area contributed by atoms with Gasteiger partial charge in [-0.05, 0) is 32.1 Å². The van der Waals surface area contributed by atoms with E-state index in [9.17, 15) is 0 Å². The van der Waals surface area contributed by atoms with Gasteiger partial charge in [0.2, 0.25) is 0 Å². The summed E-state index contributed by atoms with van der Waals surface area (Å²) in [6, 6.07) is 0.144. The van der Waals surface area contributed by atoms with Gasteiger partial charge in [0.05, 0.1) is 12.1 Å². The first-order valence-electron chi connectivity index (χ1n) is 7.37. The highest BCUT2D eigenvalue weighted by atomic mass is 16.5. The SMILES string of the molecule is CCCn1ccnc1CC(NN)C(OCC)C1CC1. The molecule has 0 saturated heterocycles. The Labute approximate surface area is 115 Å². The number of nitrogens with one attached hydrogen (secondary N) is 1. The van der Waals surface area contributed by atoms with E-state index in [2.05, 4.69) is 21.9 Å². The maximum Gasteiger partial charge on any atom is 0.110 e. The van der Waals surface area contributed by atoms with E-state index in [1.165, 1.54) is 12.8 Å². The van der Waals surface area contributed by atoms with Crippen molar-refractivity contribution in [2.75, 3.05) is 6.61 Å². The van der Waals surface area contributed by atoms with Gasteiger partial charge in [0.15, 0.2) is 0 Å². The van der Waals surface area contributed by atoms with E-state index in [1.54, 1.807) is 0 Å². The van der Waals surface area contributed by atoms with Gasteiger partial charge in [-0.1, -0.05) is 6.92 Å². The number of hydrogen-bond acceptors (Lipinski definition) is 4. The summed E-state index contributed by atoms with van der Waals surface area (Å²) in [5.41, 5.74) is 2.94. The van der Waals surface area contributed by atoms with Gasteiger partial charge in [0.25, 0.3) is 0 Å². The van der Waals surface area contributed by atoms with Gasteiger partial charge in [-0.15, -0.1) is 0 Å². The van der Waals surface area contributed by atoms with Crippen LogP contribution in [0.25, 0.3) is 0 Å². The Balaban J connectivity index is 2.02. The molecule has 5 heteroatoms. The summed E-state index contributed by atoms with van der Waals surface area (Å²) in [6.45, 7) is 5.97. The largest absolute Gasteiger partial charge is 0.377 e. The standard InChI is InChI=1S/C14H26N4O/c1-3-8-18-9-7-16-13(18)10-12(17-15)14(19-4-2)11-5-6-11/h7,9,11-12,14,17H,3-6,8,10,15H2,1-2H3. The number of rotatable bonds is 9.